The fraction of sp³-hybridized carbons (Fsp3) is 0.318. The van der Waals surface area contributed by atoms with Gasteiger partial charge in [-0.25, -0.2) is 8.60 Å². The SMILES string of the molecule is CC1(C)Cc2cccc(S(=O)NC(=O)c3cc4c(F)cc(N5CCC5)cc4o3)c2O1. The number of amides is 1. The number of carbonyl (C=O) groups excluding carboxylic acids is 1. The lowest BCUT2D eigenvalue weighted by atomic mass is 10.0. The Bertz CT molecular complexity index is 1200. The van der Waals surface area contributed by atoms with Crippen molar-refractivity contribution in [3.63, 3.8) is 0 Å². The summed E-state index contributed by atoms with van der Waals surface area (Å²) in [6.07, 6.45) is 1.77. The van der Waals surface area contributed by atoms with Crippen LogP contribution in [0.3, 0.4) is 0 Å². The molecule has 0 radical (unpaired) electrons. The van der Waals surface area contributed by atoms with Gasteiger partial charge in [0.15, 0.2) is 16.7 Å². The molecule has 0 spiro atoms. The molecular formula is C22H21FN2O4S. The number of hydrogen-bond acceptors (Lipinski definition) is 5. The van der Waals surface area contributed by atoms with E-state index in [1.807, 2.05) is 24.8 Å². The molecule has 0 bridgehead atoms. The number of ether oxygens (including phenoxy) is 1. The molecule has 1 N–H and O–H groups in total. The van der Waals surface area contributed by atoms with Crippen LogP contribution in [0, 0.1) is 5.82 Å². The van der Waals surface area contributed by atoms with Crippen molar-refractivity contribution in [2.45, 2.75) is 37.2 Å². The normalized spacial score (nSPS) is 17.9. The Kier molecular flexibility index (Phi) is 4.36. The van der Waals surface area contributed by atoms with Crippen LogP contribution >= 0.6 is 0 Å². The molecule has 2 aliphatic heterocycles. The third-order valence-corrected chi connectivity index (χ3v) is 6.55. The van der Waals surface area contributed by atoms with Gasteiger partial charge in [-0.2, -0.15) is 0 Å². The van der Waals surface area contributed by atoms with Crippen molar-refractivity contribution in [3.05, 3.63) is 53.5 Å². The predicted octanol–water partition coefficient (Wildman–Crippen LogP) is 3.95. The number of carbonyl (C=O) groups is 1. The molecule has 1 fully saturated rings. The van der Waals surface area contributed by atoms with Crippen molar-refractivity contribution in [1.82, 2.24) is 4.72 Å². The first-order valence-electron chi connectivity index (χ1n) is 9.82. The number of nitrogens with zero attached hydrogens (tertiary/aromatic N) is 1. The Morgan fingerprint density at radius 3 is 2.77 bits per heavy atom. The van der Waals surface area contributed by atoms with Gasteiger partial charge in [-0.1, -0.05) is 12.1 Å². The van der Waals surface area contributed by atoms with E-state index in [1.165, 1.54) is 12.1 Å². The average Bonchev–Trinajstić information content (AvgIpc) is 3.19. The molecule has 1 amide bonds. The lowest BCUT2D eigenvalue weighted by Crippen LogP contribution is -2.36. The van der Waals surface area contributed by atoms with Crippen LogP contribution in [-0.4, -0.2) is 28.8 Å². The summed E-state index contributed by atoms with van der Waals surface area (Å²) in [6, 6.07) is 9.89. The van der Waals surface area contributed by atoms with Crippen molar-refractivity contribution < 1.29 is 22.5 Å². The molecule has 2 aromatic carbocycles. The van der Waals surface area contributed by atoms with Gasteiger partial charge < -0.3 is 14.1 Å². The maximum Gasteiger partial charge on any atom is 0.298 e. The monoisotopic (exact) mass is 428 g/mol. The van der Waals surface area contributed by atoms with Crippen molar-refractivity contribution in [2.24, 2.45) is 0 Å². The number of halogens is 1. The van der Waals surface area contributed by atoms with E-state index in [-0.39, 0.29) is 11.1 Å². The number of anilines is 1. The van der Waals surface area contributed by atoms with Gasteiger partial charge in [0.25, 0.3) is 5.91 Å². The fourth-order valence-electron chi connectivity index (χ4n) is 3.87. The maximum atomic E-state index is 14.5. The van der Waals surface area contributed by atoms with Crippen molar-refractivity contribution in [3.8, 4) is 5.75 Å². The van der Waals surface area contributed by atoms with Crippen molar-refractivity contribution >= 4 is 33.5 Å². The number of furan rings is 1. The Labute approximate surface area is 175 Å². The zero-order chi connectivity index (χ0) is 21.0. The van der Waals surface area contributed by atoms with Gasteiger partial charge in [-0.3, -0.25) is 9.52 Å². The first-order valence-corrected chi connectivity index (χ1v) is 11.0. The number of nitrogens with one attached hydrogen (secondary N) is 1. The lowest BCUT2D eigenvalue weighted by molar-refractivity contribution is 0.0958. The summed E-state index contributed by atoms with van der Waals surface area (Å²) in [5.41, 5.74) is 1.58. The average molecular weight is 428 g/mol. The molecule has 0 saturated carbocycles. The first-order chi connectivity index (χ1) is 14.3. The summed E-state index contributed by atoms with van der Waals surface area (Å²) in [5.74, 6) is -0.679. The molecule has 3 aromatic rings. The Balaban J connectivity index is 1.40. The van der Waals surface area contributed by atoms with Crippen LogP contribution in [0.15, 0.2) is 45.7 Å². The summed E-state index contributed by atoms with van der Waals surface area (Å²) in [7, 11) is -1.85. The Hall–Kier alpha value is -2.87. The smallest absolute Gasteiger partial charge is 0.298 e. The van der Waals surface area contributed by atoms with Gasteiger partial charge in [0.1, 0.15) is 27.6 Å². The summed E-state index contributed by atoms with van der Waals surface area (Å²) in [4.78, 5) is 15.1. The first kappa shape index (κ1) is 19.1. The van der Waals surface area contributed by atoms with Crippen LogP contribution < -0.4 is 14.4 Å². The molecule has 30 heavy (non-hydrogen) atoms. The second-order valence-electron chi connectivity index (χ2n) is 8.27. The van der Waals surface area contributed by atoms with Gasteiger partial charge in [-0.05, 0) is 38.0 Å². The highest BCUT2D eigenvalue weighted by atomic mass is 32.2. The summed E-state index contributed by atoms with van der Waals surface area (Å²) in [6.45, 7) is 5.65. The molecular weight excluding hydrogens is 407 g/mol. The largest absolute Gasteiger partial charge is 0.486 e. The molecule has 0 aliphatic carbocycles. The van der Waals surface area contributed by atoms with Gasteiger partial charge in [0, 0.05) is 37.3 Å². The molecule has 1 saturated heterocycles. The van der Waals surface area contributed by atoms with E-state index in [2.05, 4.69) is 4.72 Å². The van der Waals surface area contributed by atoms with E-state index in [0.29, 0.717) is 22.6 Å². The molecule has 6 nitrogen and oxygen atoms in total. The lowest BCUT2D eigenvalue weighted by Gasteiger charge is -2.33. The molecule has 8 heteroatoms. The molecule has 1 atom stereocenters. The molecule has 2 aliphatic rings. The Morgan fingerprint density at radius 1 is 1.23 bits per heavy atom. The minimum absolute atomic E-state index is 0.0909. The highest BCUT2D eigenvalue weighted by Gasteiger charge is 2.33. The predicted molar refractivity (Wildman–Crippen MR) is 112 cm³/mol. The van der Waals surface area contributed by atoms with E-state index in [1.54, 1.807) is 18.2 Å². The second kappa shape index (κ2) is 6.84. The summed E-state index contributed by atoms with van der Waals surface area (Å²) >= 11 is 0. The van der Waals surface area contributed by atoms with E-state index < -0.39 is 28.3 Å². The quantitative estimate of drug-likeness (QED) is 0.681. The molecule has 3 heterocycles. The van der Waals surface area contributed by atoms with Crippen LogP contribution in [0.25, 0.3) is 11.0 Å². The van der Waals surface area contributed by atoms with E-state index >= 15 is 0 Å². The minimum Gasteiger partial charge on any atom is -0.486 e. The van der Waals surface area contributed by atoms with Crippen LogP contribution in [0.2, 0.25) is 0 Å². The van der Waals surface area contributed by atoms with Gasteiger partial charge in [0.05, 0.1) is 5.39 Å². The fourth-order valence-corrected chi connectivity index (χ4v) is 4.80. The van der Waals surface area contributed by atoms with E-state index in [0.717, 1.165) is 30.8 Å². The second-order valence-corrected chi connectivity index (χ2v) is 9.45. The standard InChI is InChI=1S/C22H21FN2O4S/c1-22(2)12-13-5-3-6-19(20(13)29-22)30(27)24-21(26)18-11-15-16(23)9-14(10-17(15)28-18)25-7-4-8-25/h3,5-6,9-11H,4,7-8,12H2,1-2H3,(H,24,26). The van der Waals surface area contributed by atoms with E-state index in [4.69, 9.17) is 9.15 Å². The van der Waals surface area contributed by atoms with E-state index in [9.17, 15) is 13.4 Å². The van der Waals surface area contributed by atoms with Crippen LogP contribution in [0.4, 0.5) is 10.1 Å². The molecule has 1 aromatic heterocycles. The molecule has 1 unspecified atom stereocenters. The van der Waals surface area contributed by atoms with Crippen molar-refractivity contribution in [2.75, 3.05) is 18.0 Å². The third-order valence-electron chi connectivity index (χ3n) is 5.46. The summed E-state index contributed by atoms with van der Waals surface area (Å²) < 4.78 is 41.3. The van der Waals surface area contributed by atoms with Crippen molar-refractivity contribution in [1.29, 1.82) is 0 Å². The number of para-hydroxylation sites is 1. The number of fused-ring (bicyclic) bond motifs is 2. The molecule has 156 valence electrons. The van der Waals surface area contributed by atoms with Gasteiger partial charge in [-0.15, -0.1) is 0 Å². The zero-order valence-electron chi connectivity index (χ0n) is 16.7. The highest BCUT2D eigenvalue weighted by Crippen LogP contribution is 2.38. The number of hydrogen-bond donors (Lipinski definition) is 1. The van der Waals surface area contributed by atoms with Crippen LogP contribution in [0.5, 0.6) is 5.75 Å². The minimum atomic E-state index is -1.85. The maximum absolute atomic E-state index is 14.5. The van der Waals surface area contributed by atoms with Crippen LogP contribution in [0.1, 0.15) is 36.4 Å². The van der Waals surface area contributed by atoms with Gasteiger partial charge in [0.2, 0.25) is 0 Å². The summed E-state index contributed by atoms with van der Waals surface area (Å²) in [5, 5.41) is 0.223. The third kappa shape index (κ3) is 3.25. The van der Waals surface area contributed by atoms with Gasteiger partial charge >= 0.3 is 0 Å². The van der Waals surface area contributed by atoms with Crippen LogP contribution in [-0.2, 0) is 17.4 Å². The zero-order valence-corrected chi connectivity index (χ0v) is 17.5. The Morgan fingerprint density at radius 2 is 2.03 bits per heavy atom. The topological polar surface area (TPSA) is 71.8 Å². The highest BCUT2D eigenvalue weighted by molar-refractivity contribution is 7.83. The number of benzene rings is 2. The molecule has 5 rings (SSSR count). The number of rotatable bonds is 4.